The lowest BCUT2D eigenvalue weighted by atomic mass is 10.2. The molecule has 0 atom stereocenters. The van der Waals surface area contributed by atoms with E-state index in [1.165, 1.54) is 25.2 Å². The number of anilines is 1. The van der Waals surface area contributed by atoms with Crippen molar-refractivity contribution >= 4 is 28.3 Å². The molecule has 2 rings (SSSR count). The van der Waals surface area contributed by atoms with Gasteiger partial charge < -0.3 is 10.1 Å². The Morgan fingerprint density at radius 1 is 1.16 bits per heavy atom. The van der Waals surface area contributed by atoms with Crippen LogP contribution in [0.2, 0.25) is 0 Å². The SMILES string of the molecule is CC(=O)Nc1nnc(-c2ccc(OC(C)=O)cc2)s1. The summed E-state index contributed by atoms with van der Waals surface area (Å²) in [6.07, 6.45) is 0. The van der Waals surface area contributed by atoms with Gasteiger partial charge in [-0.1, -0.05) is 11.3 Å². The number of carbonyl (C=O) groups is 2. The zero-order chi connectivity index (χ0) is 13.8. The van der Waals surface area contributed by atoms with Crippen molar-refractivity contribution in [1.29, 1.82) is 0 Å². The van der Waals surface area contributed by atoms with Crippen LogP contribution in [0.3, 0.4) is 0 Å². The van der Waals surface area contributed by atoms with Crippen molar-refractivity contribution in [2.24, 2.45) is 0 Å². The molecule has 0 saturated heterocycles. The third-order valence-electron chi connectivity index (χ3n) is 2.07. The Hall–Kier alpha value is -2.28. The molecule has 0 fully saturated rings. The average molecular weight is 277 g/mol. The normalized spacial score (nSPS) is 10.0. The fourth-order valence-electron chi connectivity index (χ4n) is 1.37. The lowest BCUT2D eigenvalue weighted by Gasteiger charge is -2.01. The highest BCUT2D eigenvalue weighted by Crippen LogP contribution is 2.27. The highest BCUT2D eigenvalue weighted by molar-refractivity contribution is 7.18. The maximum atomic E-state index is 10.9. The van der Waals surface area contributed by atoms with Gasteiger partial charge >= 0.3 is 5.97 Å². The van der Waals surface area contributed by atoms with Crippen LogP contribution in [0.15, 0.2) is 24.3 Å². The minimum Gasteiger partial charge on any atom is -0.427 e. The van der Waals surface area contributed by atoms with E-state index >= 15 is 0 Å². The zero-order valence-corrected chi connectivity index (χ0v) is 11.2. The second-order valence-corrected chi connectivity index (χ2v) is 4.69. The second-order valence-electron chi connectivity index (χ2n) is 3.71. The summed E-state index contributed by atoms with van der Waals surface area (Å²) in [5.41, 5.74) is 0.838. The zero-order valence-electron chi connectivity index (χ0n) is 10.3. The Bertz CT molecular complexity index is 607. The van der Waals surface area contributed by atoms with E-state index in [0.717, 1.165) is 5.56 Å². The average Bonchev–Trinajstić information content (AvgIpc) is 2.76. The molecular weight excluding hydrogens is 266 g/mol. The second kappa shape index (κ2) is 5.57. The first kappa shape index (κ1) is 13.2. The summed E-state index contributed by atoms with van der Waals surface area (Å²) in [4.78, 5) is 21.7. The van der Waals surface area contributed by atoms with E-state index in [0.29, 0.717) is 15.9 Å². The van der Waals surface area contributed by atoms with Gasteiger partial charge in [0.15, 0.2) is 0 Å². The number of esters is 1. The molecule has 0 spiro atoms. The first-order valence-electron chi connectivity index (χ1n) is 5.44. The molecule has 0 aliphatic carbocycles. The molecule has 6 nitrogen and oxygen atoms in total. The molecule has 1 heterocycles. The van der Waals surface area contributed by atoms with Crippen molar-refractivity contribution in [1.82, 2.24) is 10.2 Å². The minimum atomic E-state index is -0.364. The van der Waals surface area contributed by atoms with Gasteiger partial charge in [0.2, 0.25) is 11.0 Å². The van der Waals surface area contributed by atoms with E-state index in [2.05, 4.69) is 15.5 Å². The molecule has 0 saturated carbocycles. The fourth-order valence-corrected chi connectivity index (χ4v) is 2.17. The molecule has 0 unspecified atom stereocenters. The highest BCUT2D eigenvalue weighted by Gasteiger charge is 2.08. The van der Waals surface area contributed by atoms with Crippen LogP contribution in [0.1, 0.15) is 13.8 Å². The summed E-state index contributed by atoms with van der Waals surface area (Å²) < 4.78 is 4.93. The Kier molecular flexibility index (Phi) is 3.86. The van der Waals surface area contributed by atoms with Crippen LogP contribution in [-0.2, 0) is 9.59 Å². The Morgan fingerprint density at radius 3 is 2.42 bits per heavy atom. The van der Waals surface area contributed by atoms with Gasteiger partial charge in [0, 0.05) is 19.4 Å². The van der Waals surface area contributed by atoms with Gasteiger partial charge in [-0.05, 0) is 24.3 Å². The molecule has 0 bridgehead atoms. The van der Waals surface area contributed by atoms with Crippen LogP contribution in [0.25, 0.3) is 10.6 Å². The van der Waals surface area contributed by atoms with Gasteiger partial charge in [-0.15, -0.1) is 10.2 Å². The van der Waals surface area contributed by atoms with E-state index in [1.807, 2.05) is 0 Å². The largest absolute Gasteiger partial charge is 0.427 e. The van der Waals surface area contributed by atoms with Crippen LogP contribution >= 0.6 is 11.3 Å². The number of aromatic nitrogens is 2. The van der Waals surface area contributed by atoms with E-state index < -0.39 is 0 Å². The predicted molar refractivity (Wildman–Crippen MR) is 71.0 cm³/mol. The van der Waals surface area contributed by atoms with Crippen LogP contribution in [0.5, 0.6) is 5.75 Å². The molecule has 98 valence electrons. The summed E-state index contributed by atoms with van der Waals surface area (Å²) >= 11 is 1.27. The third-order valence-corrected chi connectivity index (χ3v) is 2.96. The summed E-state index contributed by atoms with van der Waals surface area (Å²) in [6.45, 7) is 2.76. The number of benzene rings is 1. The molecule has 2 aromatic rings. The number of hydrogen-bond acceptors (Lipinski definition) is 6. The fraction of sp³-hybridized carbons (Fsp3) is 0.167. The van der Waals surface area contributed by atoms with Crippen LogP contribution in [0, 0.1) is 0 Å². The number of nitrogens with one attached hydrogen (secondary N) is 1. The van der Waals surface area contributed by atoms with Crippen LogP contribution in [-0.4, -0.2) is 22.1 Å². The molecule has 19 heavy (non-hydrogen) atoms. The molecule has 1 N–H and O–H groups in total. The Labute approximate surface area is 113 Å². The predicted octanol–water partition coefficient (Wildman–Crippen LogP) is 2.09. The van der Waals surface area contributed by atoms with Gasteiger partial charge in [0.25, 0.3) is 0 Å². The molecule has 0 aliphatic heterocycles. The van der Waals surface area contributed by atoms with E-state index in [9.17, 15) is 9.59 Å². The van der Waals surface area contributed by atoms with Gasteiger partial charge in [0.1, 0.15) is 10.8 Å². The number of carbonyl (C=O) groups excluding carboxylic acids is 2. The molecule has 7 heteroatoms. The Balaban J connectivity index is 2.15. The maximum absolute atomic E-state index is 10.9. The van der Waals surface area contributed by atoms with Gasteiger partial charge in [-0.25, -0.2) is 0 Å². The van der Waals surface area contributed by atoms with E-state index in [4.69, 9.17) is 4.74 Å². The molecular formula is C12H11N3O3S. The summed E-state index contributed by atoms with van der Waals surface area (Å²) in [6, 6.07) is 6.90. The standard InChI is InChI=1S/C12H11N3O3S/c1-7(16)13-12-15-14-11(19-12)9-3-5-10(6-4-9)18-8(2)17/h3-6H,1-2H3,(H,13,15,16). The van der Waals surface area contributed by atoms with E-state index in [-0.39, 0.29) is 11.9 Å². The third kappa shape index (κ3) is 3.59. The quantitative estimate of drug-likeness (QED) is 0.686. The molecule has 0 aliphatic rings. The first-order chi connectivity index (χ1) is 9.04. The van der Waals surface area contributed by atoms with Crippen molar-refractivity contribution in [2.75, 3.05) is 5.32 Å². The lowest BCUT2D eigenvalue weighted by molar-refractivity contribution is -0.131. The van der Waals surface area contributed by atoms with Gasteiger partial charge in [-0.2, -0.15) is 0 Å². The van der Waals surface area contributed by atoms with Crippen molar-refractivity contribution in [3.8, 4) is 16.3 Å². The summed E-state index contributed by atoms with van der Waals surface area (Å²) in [5, 5.41) is 11.5. The van der Waals surface area contributed by atoms with Crippen molar-refractivity contribution in [3.05, 3.63) is 24.3 Å². The van der Waals surface area contributed by atoms with E-state index in [1.54, 1.807) is 24.3 Å². The van der Waals surface area contributed by atoms with Gasteiger partial charge in [-0.3, -0.25) is 9.59 Å². The number of ether oxygens (including phenoxy) is 1. The summed E-state index contributed by atoms with van der Waals surface area (Å²) in [5.74, 6) is -0.0765. The lowest BCUT2D eigenvalue weighted by Crippen LogP contribution is -2.04. The monoisotopic (exact) mass is 277 g/mol. The highest BCUT2D eigenvalue weighted by atomic mass is 32.1. The number of amides is 1. The summed E-state index contributed by atoms with van der Waals surface area (Å²) in [7, 11) is 0. The van der Waals surface area contributed by atoms with Crippen molar-refractivity contribution in [3.63, 3.8) is 0 Å². The molecule has 1 aromatic heterocycles. The molecule has 1 aromatic carbocycles. The first-order valence-corrected chi connectivity index (χ1v) is 6.26. The number of nitrogens with zero attached hydrogens (tertiary/aromatic N) is 2. The van der Waals surface area contributed by atoms with Gasteiger partial charge in [0.05, 0.1) is 0 Å². The van der Waals surface area contributed by atoms with Crippen LogP contribution < -0.4 is 10.1 Å². The number of rotatable bonds is 3. The van der Waals surface area contributed by atoms with Crippen molar-refractivity contribution < 1.29 is 14.3 Å². The molecule has 1 amide bonds. The smallest absolute Gasteiger partial charge is 0.308 e. The Morgan fingerprint density at radius 2 is 1.84 bits per heavy atom. The van der Waals surface area contributed by atoms with Crippen molar-refractivity contribution in [2.45, 2.75) is 13.8 Å². The topological polar surface area (TPSA) is 81.2 Å². The minimum absolute atomic E-state index is 0.187. The molecule has 0 radical (unpaired) electrons. The van der Waals surface area contributed by atoms with Crippen LogP contribution in [0.4, 0.5) is 5.13 Å². The maximum Gasteiger partial charge on any atom is 0.308 e. The number of hydrogen-bond donors (Lipinski definition) is 1.